The molecule has 1 aliphatic heterocycles. The summed E-state index contributed by atoms with van der Waals surface area (Å²) < 4.78 is 7.52. The van der Waals surface area contributed by atoms with Gasteiger partial charge in [-0.25, -0.2) is 9.97 Å². The van der Waals surface area contributed by atoms with E-state index in [1.54, 1.807) is 13.2 Å². The van der Waals surface area contributed by atoms with Crippen LogP contribution < -0.4 is 10.1 Å². The highest BCUT2D eigenvalue weighted by Gasteiger charge is 2.19. The van der Waals surface area contributed by atoms with E-state index < -0.39 is 0 Å². The van der Waals surface area contributed by atoms with Crippen molar-refractivity contribution in [1.82, 2.24) is 19.4 Å². The van der Waals surface area contributed by atoms with Crippen molar-refractivity contribution in [3.63, 3.8) is 0 Å². The quantitative estimate of drug-likeness (QED) is 0.740. The number of aryl methyl sites for hydroxylation is 1. The van der Waals surface area contributed by atoms with Gasteiger partial charge in [0.05, 0.1) is 18.2 Å². The maximum absolute atomic E-state index is 6.09. The number of likely N-dealkylation sites (N-methyl/N-ethyl adjacent to an activating group) is 1. The molecule has 3 aromatic rings. The van der Waals surface area contributed by atoms with Gasteiger partial charge in [0.25, 0.3) is 0 Å². The lowest BCUT2D eigenvalue weighted by molar-refractivity contribution is 0.261. The van der Waals surface area contributed by atoms with Crippen LogP contribution in [0, 0.1) is 0 Å². The Morgan fingerprint density at radius 3 is 2.81 bits per heavy atom. The van der Waals surface area contributed by atoms with Gasteiger partial charge in [-0.15, -0.1) is 0 Å². The molecular weight excluding hydrogens is 362 g/mol. The molecule has 0 bridgehead atoms. The van der Waals surface area contributed by atoms with E-state index in [2.05, 4.69) is 23.3 Å². The molecule has 4 rings (SSSR count). The first-order chi connectivity index (χ1) is 13.0. The predicted molar refractivity (Wildman–Crippen MR) is 110 cm³/mol. The maximum Gasteiger partial charge on any atom is 0.180 e. The number of methoxy groups -OCH3 is 1. The molecule has 7 heteroatoms. The van der Waals surface area contributed by atoms with Crippen LogP contribution in [-0.4, -0.2) is 52.7 Å². The zero-order valence-electron chi connectivity index (χ0n) is 15.9. The van der Waals surface area contributed by atoms with Gasteiger partial charge in [0.2, 0.25) is 0 Å². The van der Waals surface area contributed by atoms with Crippen LogP contribution in [0.3, 0.4) is 0 Å². The second kappa shape index (κ2) is 7.37. The lowest BCUT2D eigenvalue weighted by Crippen LogP contribution is -2.39. The fourth-order valence-electron chi connectivity index (χ4n) is 3.74. The van der Waals surface area contributed by atoms with Gasteiger partial charge >= 0.3 is 0 Å². The topological polar surface area (TPSA) is 55.2 Å². The van der Waals surface area contributed by atoms with Gasteiger partial charge in [0, 0.05) is 24.7 Å². The number of aromatic nitrogens is 3. The average molecular weight is 386 g/mol. The maximum atomic E-state index is 6.09. The van der Waals surface area contributed by atoms with E-state index in [0.29, 0.717) is 16.8 Å². The third kappa shape index (κ3) is 3.59. The molecule has 27 heavy (non-hydrogen) atoms. The number of ether oxygens (including phenoxy) is 1. The van der Waals surface area contributed by atoms with Crippen molar-refractivity contribution in [1.29, 1.82) is 0 Å². The first-order valence-electron chi connectivity index (χ1n) is 9.17. The van der Waals surface area contributed by atoms with Gasteiger partial charge in [-0.1, -0.05) is 11.6 Å². The van der Waals surface area contributed by atoms with Crippen LogP contribution in [0.1, 0.15) is 12.8 Å². The number of piperidine rings is 1. The number of benzene rings is 1. The minimum Gasteiger partial charge on any atom is -0.496 e. The van der Waals surface area contributed by atoms with Crippen LogP contribution >= 0.6 is 11.6 Å². The second-order valence-corrected chi connectivity index (χ2v) is 7.56. The Hall–Kier alpha value is -2.31. The highest BCUT2D eigenvalue weighted by Crippen LogP contribution is 2.33. The first-order valence-corrected chi connectivity index (χ1v) is 9.55. The molecule has 1 aliphatic rings. The standard InChI is InChI=1S/C20H24ClN5O/c1-25-10-4-5-14(12-25)22-18-9-8-16-19(23-18)24-20(26(16)2)15-7-6-13(21)11-17(15)27-3/h6-9,11,14H,4-5,10,12H2,1-3H3,(H,22,23)/t14-/m1/s1. The van der Waals surface area contributed by atoms with E-state index in [1.165, 1.54) is 12.8 Å². The number of nitrogens with zero attached hydrogens (tertiary/aromatic N) is 4. The number of anilines is 1. The highest BCUT2D eigenvalue weighted by molar-refractivity contribution is 6.30. The van der Waals surface area contributed by atoms with Gasteiger partial charge in [-0.05, 0) is 56.8 Å². The number of nitrogens with one attached hydrogen (secondary N) is 1. The number of likely N-dealkylation sites (tertiary alicyclic amines) is 1. The molecule has 142 valence electrons. The zero-order chi connectivity index (χ0) is 19.0. The lowest BCUT2D eigenvalue weighted by Gasteiger charge is -2.30. The molecule has 1 atom stereocenters. The molecule has 0 aliphatic carbocycles. The number of imidazole rings is 1. The molecule has 6 nitrogen and oxygen atoms in total. The Kier molecular flexibility index (Phi) is 4.93. The summed E-state index contributed by atoms with van der Waals surface area (Å²) in [5, 5.41) is 4.19. The molecule has 0 spiro atoms. The Labute approximate surface area is 164 Å². The molecule has 0 radical (unpaired) electrons. The predicted octanol–water partition coefficient (Wildman–Crippen LogP) is 3.80. The average Bonchev–Trinajstić information content (AvgIpc) is 2.97. The van der Waals surface area contributed by atoms with E-state index in [4.69, 9.17) is 26.3 Å². The number of fused-ring (bicyclic) bond motifs is 1. The number of hydrogen-bond donors (Lipinski definition) is 1. The molecule has 0 amide bonds. The zero-order valence-corrected chi connectivity index (χ0v) is 16.6. The number of halogens is 1. The molecule has 0 unspecified atom stereocenters. The van der Waals surface area contributed by atoms with E-state index in [1.807, 2.05) is 29.8 Å². The third-order valence-corrected chi connectivity index (χ3v) is 5.36. The van der Waals surface area contributed by atoms with Gasteiger partial charge in [0.1, 0.15) is 17.4 Å². The van der Waals surface area contributed by atoms with Crippen molar-refractivity contribution >= 4 is 28.6 Å². The summed E-state index contributed by atoms with van der Waals surface area (Å²) in [4.78, 5) is 11.9. The van der Waals surface area contributed by atoms with Crippen LogP contribution in [0.4, 0.5) is 5.82 Å². The van der Waals surface area contributed by atoms with Crippen LogP contribution in [0.5, 0.6) is 5.75 Å². The van der Waals surface area contributed by atoms with Crippen molar-refractivity contribution in [2.24, 2.45) is 7.05 Å². The first kappa shape index (κ1) is 18.1. The fourth-order valence-corrected chi connectivity index (χ4v) is 3.90. The summed E-state index contributed by atoms with van der Waals surface area (Å²) in [7, 11) is 5.79. The number of pyridine rings is 1. The summed E-state index contributed by atoms with van der Waals surface area (Å²) in [5.41, 5.74) is 2.60. The largest absolute Gasteiger partial charge is 0.496 e. The normalized spacial score (nSPS) is 18.0. The smallest absolute Gasteiger partial charge is 0.180 e. The highest BCUT2D eigenvalue weighted by atomic mass is 35.5. The summed E-state index contributed by atoms with van der Waals surface area (Å²) in [6.07, 6.45) is 2.38. The fraction of sp³-hybridized carbons (Fsp3) is 0.400. The van der Waals surface area contributed by atoms with Gasteiger partial charge in [-0.3, -0.25) is 0 Å². The van der Waals surface area contributed by atoms with Gasteiger partial charge < -0.3 is 19.5 Å². The van der Waals surface area contributed by atoms with Crippen molar-refractivity contribution in [2.45, 2.75) is 18.9 Å². The molecule has 3 heterocycles. The summed E-state index contributed by atoms with van der Waals surface area (Å²) in [6, 6.07) is 10.1. The van der Waals surface area contributed by atoms with Gasteiger partial charge in [-0.2, -0.15) is 0 Å². The minimum atomic E-state index is 0.424. The van der Waals surface area contributed by atoms with Gasteiger partial charge in [0.15, 0.2) is 5.65 Å². The van der Waals surface area contributed by atoms with E-state index in [-0.39, 0.29) is 0 Å². The number of rotatable bonds is 4. The Balaban J connectivity index is 1.68. The summed E-state index contributed by atoms with van der Waals surface area (Å²) in [6.45, 7) is 2.20. The third-order valence-electron chi connectivity index (χ3n) is 5.13. The van der Waals surface area contributed by atoms with Crippen molar-refractivity contribution in [3.8, 4) is 17.1 Å². The monoisotopic (exact) mass is 385 g/mol. The van der Waals surface area contributed by atoms with Crippen LogP contribution in [-0.2, 0) is 7.05 Å². The molecule has 2 aromatic heterocycles. The SMILES string of the molecule is COc1cc(Cl)ccc1-c1nc2nc(N[C@@H]3CCCN(C)C3)ccc2n1C. The Bertz CT molecular complexity index is 970. The molecule has 0 saturated carbocycles. The molecular formula is C20H24ClN5O. The Morgan fingerprint density at radius 2 is 2.04 bits per heavy atom. The molecule has 1 fully saturated rings. The van der Waals surface area contributed by atoms with Crippen molar-refractivity contribution in [2.75, 3.05) is 32.6 Å². The van der Waals surface area contributed by atoms with E-state index in [9.17, 15) is 0 Å². The van der Waals surface area contributed by atoms with E-state index >= 15 is 0 Å². The minimum absolute atomic E-state index is 0.424. The summed E-state index contributed by atoms with van der Waals surface area (Å²) in [5.74, 6) is 2.38. The Morgan fingerprint density at radius 1 is 1.19 bits per heavy atom. The summed E-state index contributed by atoms with van der Waals surface area (Å²) >= 11 is 6.09. The second-order valence-electron chi connectivity index (χ2n) is 7.12. The van der Waals surface area contributed by atoms with Crippen LogP contribution in [0.15, 0.2) is 30.3 Å². The molecule has 1 aromatic carbocycles. The molecule has 1 saturated heterocycles. The van der Waals surface area contributed by atoms with E-state index in [0.717, 1.165) is 41.5 Å². The van der Waals surface area contributed by atoms with Crippen molar-refractivity contribution < 1.29 is 4.74 Å². The number of hydrogen-bond acceptors (Lipinski definition) is 5. The van der Waals surface area contributed by atoms with Crippen LogP contribution in [0.25, 0.3) is 22.6 Å². The lowest BCUT2D eigenvalue weighted by atomic mass is 10.1. The molecule has 1 N–H and O–H groups in total. The van der Waals surface area contributed by atoms with Crippen LogP contribution in [0.2, 0.25) is 5.02 Å². The van der Waals surface area contributed by atoms with Crippen molar-refractivity contribution in [3.05, 3.63) is 35.4 Å².